The Bertz CT molecular complexity index is 350. The largest absolute Gasteiger partial charge is 0.377 e. The van der Waals surface area contributed by atoms with Gasteiger partial charge in [0.05, 0.1) is 6.10 Å². The Morgan fingerprint density at radius 3 is 3.00 bits per heavy atom. The Balaban J connectivity index is 1.92. The van der Waals surface area contributed by atoms with Crippen LogP contribution in [0.2, 0.25) is 0 Å². The zero-order chi connectivity index (χ0) is 15.3. The summed E-state index contributed by atoms with van der Waals surface area (Å²) in [5.41, 5.74) is 5.26. The molecular weight excluding hydrogens is 266 g/mol. The molecule has 0 aromatic rings. The maximum atomic E-state index is 12.0. The minimum absolute atomic E-state index is 0.167. The molecule has 1 amide bonds. The molecule has 3 atom stereocenters. The average molecular weight is 297 g/mol. The smallest absolute Gasteiger partial charge is 0.238 e. The fourth-order valence-electron chi connectivity index (χ4n) is 4.05. The van der Waals surface area contributed by atoms with E-state index in [0.717, 1.165) is 64.9 Å². The molecule has 21 heavy (non-hydrogen) atoms. The second-order valence-corrected chi connectivity index (χ2v) is 6.58. The highest BCUT2D eigenvalue weighted by Gasteiger charge is 2.46. The normalized spacial score (nSPS) is 34.8. The quantitative estimate of drug-likeness (QED) is 0.771. The van der Waals surface area contributed by atoms with E-state index in [1.807, 2.05) is 6.92 Å². The number of rotatable bonds is 6. The van der Waals surface area contributed by atoms with E-state index in [9.17, 15) is 4.79 Å². The van der Waals surface area contributed by atoms with E-state index in [1.54, 1.807) is 0 Å². The van der Waals surface area contributed by atoms with E-state index >= 15 is 0 Å². The molecule has 2 rings (SSSR count). The Morgan fingerprint density at radius 2 is 2.29 bits per heavy atom. The molecule has 122 valence electrons. The fraction of sp³-hybridized carbons (Fsp3) is 0.938. The van der Waals surface area contributed by atoms with E-state index in [-0.39, 0.29) is 5.91 Å². The van der Waals surface area contributed by atoms with E-state index in [0.29, 0.717) is 12.0 Å². The number of hydrogen-bond donors (Lipinski definition) is 2. The van der Waals surface area contributed by atoms with Crippen molar-refractivity contribution in [1.82, 2.24) is 10.2 Å². The maximum Gasteiger partial charge on any atom is 0.238 e. The van der Waals surface area contributed by atoms with Gasteiger partial charge in [-0.1, -0.05) is 13.3 Å². The van der Waals surface area contributed by atoms with Crippen LogP contribution in [-0.4, -0.2) is 55.2 Å². The molecule has 1 saturated carbocycles. The topological polar surface area (TPSA) is 67.6 Å². The first kappa shape index (κ1) is 16.7. The summed E-state index contributed by atoms with van der Waals surface area (Å²) in [4.78, 5) is 14.5. The Morgan fingerprint density at radius 1 is 1.48 bits per heavy atom. The minimum atomic E-state index is -0.470. The number of nitrogens with two attached hydrogens (primary N) is 1. The zero-order valence-corrected chi connectivity index (χ0v) is 13.6. The summed E-state index contributed by atoms with van der Waals surface area (Å²) < 4.78 is 5.69. The Hall–Kier alpha value is -0.650. The van der Waals surface area contributed by atoms with Crippen LogP contribution < -0.4 is 11.1 Å². The van der Waals surface area contributed by atoms with Crippen molar-refractivity contribution in [3.05, 3.63) is 0 Å². The number of ether oxygens (including phenoxy) is 1. The summed E-state index contributed by atoms with van der Waals surface area (Å²) in [7, 11) is 0. The van der Waals surface area contributed by atoms with Gasteiger partial charge >= 0.3 is 0 Å². The van der Waals surface area contributed by atoms with Gasteiger partial charge in [0.15, 0.2) is 0 Å². The standard InChI is InChI=1S/C16H31N3O2/c1-3-18-16(15(17)20)8-4-6-14(16)7-10-19-9-5-11-21-13(2)12-19/h13-14,18H,3-12H2,1-2H3,(H2,17,20). The van der Waals surface area contributed by atoms with Crippen LogP contribution in [0.15, 0.2) is 0 Å². The van der Waals surface area contributed by atoms with E-state index in [2.05, 4.69) is 17.1 Å². The van der Waals surface area contributed by atoms with Gasteiger partial charge in [-0.2, -0.15) is 0 Å². The zero-order valence-electron chi connectivity index (χ0n) is 13.6. The van der Waals surface area contributed by atoms with Gasteiger partial charge in [0.1, 0.15) is 5.54 Å². The van der Waals surface area contributed by atoms with Crippen molar-refractivity contribution in [2.45, 2.75) is 57.6 Å². The van der Waals surface area contributed by atoms with Crippen LogP contribution in [0.1, 0.15) is 46.0 Å². The SMILES string of the molecule is CCNC1(C(N)=O)CCCC1CCN1CCCOC(C)C1. The third kappa shape index (κ3) is 3.96. The molecule has 1 heterocycles. The van der Waals surface area contributed by atoms with Crippen molar-refractivity contribution in [3.8, 4) is 0 Å². The summed E-state index contributed by atoms with van der Waals surface area (Å²) in [5, 5.41) is 3.40. The predicted octanol–water partition coefficient (Wildman–Crippen LogP) is 1.12. The van der Waals surface area contributed by atoms with Crippen molar-refractivity contribution < 1.29 is 9.53 Å². The Labute approximate surface area is 128 Å². The van der Waals surface area contributed by atoms with Crippen LogP contribution in [0.3, 0.4) is 0 Å². The molecular formula is C16H31N3O2. The van der Waals surface area contributed by atoms with E-state index in [4.69, 9.17) is 10.5 Å². The summed E-state index contributed by atoms with van der Waals surface area (Å²) in [6.45, 7) is 8.99. The number of primary amides is 1. The number of amides is 1. The van der Waals surface area contributed by atoms with E-state index < -0.39 is 5.54 Å². The number of nitrogens with zero attached hydrogens (tertiary/aromatic N) is 1. The van der Waals surface area contributed by atoms with Crippen LogP contribution in [-0.2, 0) is 9.53 Å². The van der Waals surface area contributed by atoms with Gasteiger partial charge in [-0.25, -0.2) is 0 Å². The van der Waals surface area contributed by atoms with Crippen LogP contribution >= 0.6 is 0 Å². The third-order valence-corrected chi connectivity index (χ3v) is 5.08. The molecule has 5 nitrogen and oxygen atoms in total. The van der Waals surface area contributed by atoms with Crippen LogP contribution in [0.25, 0.3) is 0 Å². The molecule has 0 bridgehead atoms. The van der Waals surface area contributed by atoms with Gasteiger partial charge in [-0.05, 0) is 51.6 Å². The summed E-state index contributed by atoms with van der Waals surface area (Å²) in [6, 6.07) is 0. The Kier molecular flexibility index (Phi) is 6.02. The predicted molar refractivity (Wildman–Crippen MR) is 84.0 cm³/mol. The molecule has 0 aromatic carbocycles. The van der Waals surface area contributed by atoms with Crippen LogP contribution in [0.4, 0.5) is 0 Å². The number of carbonyl (C=O) groups is 1. The van der Waals surface area contributed by atoms with Gasteiger partial charge in [-0.15, -0.1) is 0 Å². The fourth-order valence-corrected chi connectivity index (χ4v) is 4.05. The lowest BCUT2D eigenvalue weighted by Crippen LogP contribution is -2.58. The highest BCUT2D eigenvalue weighted by Crippen LogP contribution is 2.38. The molecule has 0 spiro atoms. The van der Waals surface area contributed by atoms with Gasteiger partial charge in [0, 0.05) is 19.7 Å². The van der Waals surface area contributed by atoms with Gasteiger partial charge < -0.3 is 20.7 Å². The molecule has 0 aromatic heterocycles. The second-order valence-electron chi connectivity index (χ2n) is 6.58. The van der Waals surface area contributed by atoms with Gasteiger partial charge in [-0.3, -0.25) is 4.79 Å². The lowest BCUT2D eigenvalue weighted by Gasteiger charge is -2.34. The summed E-state index contributed by atoms with van der Waals surface area (Å²) in [6.07, 6.45) is 5.55. The lowest BCUT2D eigenvalue weighted by molar-refractivity contribution is -0.126. The van der Waals surface area contributed by atoms with Crippen molar-refractivity contribution in [3.63, 3.8) is 0 Å². The van der Waals surface area contributed by atoms with Crippen molar-refractivity contribution in [1.29, 1.82) is 0 Å². The summed E-state index contributed by atoms with van der Waals surface area (Å²) >= 11 is 0. The number of likely N-dealkylation sites (N-methyl/N-ethyl adjacent to an activating group) is 1. The molecule has 3 N–H and O–H groups in total. The van der Waals surface area contributed by atoms with Crippen LogP contribution in [0, 0.1) is 5.92 Å². The molecule has 2 fully saturated rings. The van der Waals surface area contributed by atoms with Crippen molar-refractivity contribution >= 4 is 5.91 Å². The number of carbonyl (C=O) groups excluding carboxylic acids is 1. The third-order valence-electron chi connectivity index (χ3n) is 5.08. The molecule has 1 saturated heterocycles. The first-order valence-corrected chi connectivity index (χ1v) is 8.47. The van der Waals surface area contributed by atoms with Crippen molar-refractivity contribution in [2.75, 3.05) is 32.8 Å². The minimum Gasteiger partial charge on any atom is -0.377 e. The average Bonchev–Trinajstić information content (AvgIpc) is 2.73. The first-order chi connectivity index (χ1) is 10.1. The molecule has 5 heteroatoms. The maximum absolute atomic E-state index is 12.0. The molecule has 0 radical (unpaired) electrons. The van der Waals surface area contributed by atoms with E-state index in [1.165, 1.54) is 0 Å². The molecule has 2 aliphatic rings. The highest BCUT2D eigenvalue weighted by molar-refractivity contribution is 5.85. The monoisotopic (exact) mass is 297 g/mol. The molecule has 3 unspecified atom stereocenters. The lowest BCUT2D eigenvalue weighted by atomic mass is 9.83. The van der Waals surface area contributed by atoms with Gasteiger partial charge in [0.2, 0.25) is 5.91 Å². The van der Waals surface area contributed by atoms with Crippen LogP contribution in [0.5, 0.6) is 0 Å². The first-order valence-electron chi connectivity index (χ1n) is 8.47. The second kappa shape index (κ2) is 7.56. The molecule has 1 aliphatic heterocycles. The van der Waals surface area contributed by atoms with Crippen molar-refractivity contribution in [2.24, 2.45) is 11.7 Å². The molecule has 1 aliphatic carbocycles. The number of hydrogen-bond acceptors (Lipinski definition) is 4. The number of nitrogens with one attached hydrogen (secondary N) is 1. The highest BCUT2D eigenvalue weighted by atomic mass is 16.5. The summed E-state index contributed by atoms with van der Waals surface area (Å²) in [5.74, 6) is 0.203. The van der Waals surface area contributed by atoms with Gasteiger partial charge in [0.25, 0.3) is 0 Å².